The maximum atomic E-state index is 6.11. The highest BCUT2D eigenvalue weighted by Crippen LogP contribution is 2.31. The molecule has 1 N–H and O–H groups in total. The second kappa shape index (κ2) is 6.69. The van der Waals surface area contributed by atoms with E-state index in [0.29, 0.717) is 0 Å². The molecular formula is C17H22N2OS. The van der Waals surface area contributed by atoms with Crippen LogP contribution >= 0.6 is 11.3 Å². The molecule has 2 atom stereocenters. The number of nitrogens with zero attached hydrogens (tertiary/aromatic N) is 1. The smallest absolute Gasteiger partial charge is 0.0984 e. The SMILES string of the molecule is CCNC(Cc1nc(C)cs1)C1OCCc2ccccc21. The van der Waals surface area contributed by atoms with Crippen LogP contribution in [-0.2, 0) is 17.6 Å². The van der Waals surface area contributed by atoms with Crippen LogP contribution < -0.4 is 5.32 Å². The van der Waals surface area contributed by atoms with Crippen molar-refractivity contribution in [3.8, 4) is 0 Å². The molecule has 0 spiro atoms. The summed E-state index contributed by atoms with van der Waals surface area (Å²) in [4.78, 5) is 4.61. The van der Waals surface area contributed by atoms with Crippen LogP contribution in [0.25, 0.3) is 0 Å². The lowest BCUT2D eigenvalue weighted by Gasteiger charge is -2.32. The molecule has 1 aromatic carbocycles. The molecule has 0 saturated heterocycles. The fourth-order valence-electron chi connectivity index (χ4n) is 2.99. The molecule has 112 valence electrons. The first-order valence-corrected chi connectivity index (χ1v) is 8.49. The van der Waals surface area contributed by atoms with Gasteiger partial charge in [0.15, 0.2) is 0 Å². The molecular weight excluding hydrogens is 280 g/mol. The molecule has 2 aromatic rings. The summed E-state index contributed by atoms with van der Waals surface area (Å²) in [5.41, 5.74) is 3.87. The number of benzene rings is 1. The Balaban J connectivity index is 1.84. The van der Waals surface area contributed by atoms with Crippen LogP contribution in [0.1, 0.15) is 34.9 Å². The van der Waals surface area contributed by atoms with Gasteiger partial charge in [0.1, 0.15) is 0 Å². The zero-order valence-corrected chi connectivity index (χ0v) is 13.5. The maximum Gasteiger partial charge on any atom is 0.0984 e. The van der Waals surface area contributed by atoms with Crippen molar-refractivity contribution in [2.75, 3.05) is 13.2 Å². The second-order valence-corrected chi connectivity index (χ2v) is 6.43. The van der Waals surface area contributed by atoms with Gasteiger partial charge < -0.3 is 10.1 Å². The minimum Gasteiger partial charge on any atom is -0.372 e. The standard InChI is InChI=1S/C17H22N2OS/c1-3-18-15(10-16-19-12(2)11-21-16)17-14-7-5-4-6-13(14)8-9-20-17/h4-7,11,15,17-18H,3,8-10H2,1-2H3. The van der Waals surface area contributed by atoms with E-state index >= 15 is 0 Å². The normalized spacial score (nSPS) is 19.2. The van der Waals surface area contributed by atoms with Gasteiger partial charge in [0.2, 0.25) is 0 Å². The molecule has 21 heavy (non-hydrogen) atoms. The molecule has 2 heterocycles. The Labute approximate surface area is 130 Å². The third kappa shape index (κ3) is 3.34. The lowest BCUT2D eigenvalue weighted by molar-refractivity contribution is 0.0158. The van der Waals surface area contributed by atoms with Crippen LogP contribution in [0, 0.1) is 6.92 Å². The number of hydrogen-bond acceptors (Lipinski definition) is 4. The van der Waals surface area contributed by atoms with Crippen molar-refractivity contribution in [3.63, 3.8) is 0 Å². The number of aryl methyl sites for hydroxylation is 1. The molecule has 4 heteroatoms. The first-order chi connectivity index (χ1) is 10.3. The summed E-state index contributed by atoms with van der Waals surface area (Å²) < 4.78 is 6.11. The lowest BCUT2D eigenvalue weighted by atomic mass is 9.92. The van der Waals surface area contributed by atoms with Crippen LogP contribution in [0.4, 0.5) is 0 Å². The van der Waals surface area contributed by atoms with Gasteiger partial charge in [-0.15, -0.1) is 11.3 Å². The Kier molecular flexibility index (Phi) is 4.68. The van der Waals surface area contributed by atoms with Crippen LogP contribution in [0.2, 0.25) is 0 Å². The summed E-state index contributed by atoms with van der Waals surface area (Å²) in [7, 11) is 0. The summed E-state index contributed by atoms with van der Waals surface area (Å²) >= 11 is 1.74. The van der Waals surface area contributed by atoms with E-state index in [1.165, 1.54) is 16.1 Å². The van der Waals surface area contributed by atoms with Gasteiger partial charge in [0.25, 0.3) is 0 Å². The van der Waals surface area contributed by atoms with E-state index in [4.69, 9.17) is 4.74 Å². The predicted octanol–water partition coefficient (Wildman–Crippen LogP) is 3.29. The number of rotatable bonds is 5. The number of aromatic nitrogens is 1. The molecule has 1 aromatic heterocycles. The Morgan fingerprint density at radius 1 is 1.43 bits per heavy atom. The van der Waals surface area contributed by atoms with E-state index in [2.05, 4.69) is 53.8 Å². The predicted molar refractivity (Wildman–Crippen MR) is 86.9 cm³/mol. The maximum absolute atomic E-state index is 6.11. The third-order valence-electron chi connectivity index (χ3n) is 3.92. The van der Waals surface area contributed by atoms with Gasteiger partial charge in [-0.05, 0) is 31.0 Å². The third-order valence-corrected chi connectivity index (χ3v) is 4.91. The molecule has 2 unspecified atom stereocenters. The van der Waals surface area contributed by atoms with E-state index < -0.39 is 0 Å². The van der Waals surface area contributed by atoms with Crippen molar-refractivity contribution in [1.82, 2.24) is 10.3 Å². The first kappa shape index (κ1) is 14.7. The van der Waals surface area contributed by atoms with Gasteiger partial charge in [-0.1, -0.05) is 31.2 Å². The topological polar surface area (TPSA) is 34.2 Å². The van der Waals surface area contributed by atoms with Gasteiger partial charge >= 0.3 is 0 Å². The van der Waals surface area contributed by atoms with Gasteiger partial charge in [-0.2, -0.15) is 0 Å². The zero-order chi connectivity index (χ0) is 14.7. The van der Waals surface area contributed by atoms with Crippen molar-refractivity contribution in [1.29, 1.82) is 0 Å². The number of hydrogen-bond donors (Lipinski definition) is 1. The Morgan fingerprint density at radius 3 is 3.05 bits per heavy atom. The van der Waals surface area contributed by atoms with E-state index in [-0.39, 0.29) is 12.1 Å². The van der Waals surface area contributed by atoms with Crippen molar-refractivity contribution in [2.45, 2.75) is 38.8 Å². The molecule has 3 rings (SSSR count). The second-order valence-electron chi connectivity index (χ2n) is 5.49. The van der Waals surface area contributed by atoms with Gasteiger partial charge in [-0.3, -0.25) is 0 Å². The Morgan fingerprint density at radius 2 is 2.29 bits per heavy atom. The van der Waals surface area contributed by atoms with E-state index in [0.717, 1.165) is 31.7 Å². The number of likely N-dealkylation sites (N-methyl/N-ethyl adjacent to an activating group) is 1. The number of ether oxygens (including phenoxy) is 1. The zero-order valence-electron chi connectivity index (χ0n) is 12.6. The molecule has 3 nitrogen and oxygen atoms in total. The van der Waals surface area contributed by atoms with Gasteiger partial charge in [-0.25, -0.2) is 4.98 Å². The quantitative estimate of drug-likeness (QED) is 0.920. The summed E-state index contributed by atoms with van der Waals surface area (Å²) in [6.07, 6.45) is 2.06. The molecule has 0 saturated carbocycles. The van der Waals surface area contributed by atoms with Gasteiger partial charge in [0.05, 0.1) is 17.7 Å². The van der Waals surface area contributed by atoms with Crippen LogP contribution in [0.5, 0.6) is 0 Å². The summed E-state index contributed by atoms with van der Waals surface area (Å²) in [5, 5.41) is 6.90. The summed E-state index contributed by atoms with van der Waals surface area (Å²) in [5.74, 6) is 0. The summed E-state index contributed by atoms with van der Waals surface area (Å²) in [6.45, 7) is 5.95. The minimum absolute atomic E-state index is 0.124. The average molecular weight is 302 g/mol. The van der Waals surface area contributed by atoms with Crippen molar-refractivity contribution >= 4 is 11.3 Å². The number of fused-ring (bicyclic) bond motifs is 1. The highest BCUT2D eigenvalue weighted by molar-refractivity contribution is 7.09. The molecule has 0 aliphatic carbocycles. The van der Waals surface area contributed by atoms with Crippen LogP contribution in [-0.4, -0.2) is 24.2 Å². The lowest BCUT2D eigenvalue weighted by Crippen LogP contribution is -2.40. The van der Waals surface area contributed by atoms with Crippen LogP contribution in [0.3, 0.4) is 0 Å². The average Bonchev–Trinajstić information content (AvgIpc) is 2.91. The fraction of sp³-hybridized carbons (Fsp3) is 0.471. The minimum atomic E-state index is 0.124. The van der Waals surface area contributed by atoms with Crippen molar-refractivity contribution in [2.24, 2.45) is 0 Å². The Hall–Kier alpha value is -1.23. The highest BCUT2D eigenvalue weighted by atomic mass is 32.1. The Bertz CT molecular complexity index is 596. The van der Waals surface area contributed by atoms with E-state index in [1.807, 2.05) is 0 Å². The highest BCUT2D eigenvalue weighted by Gasteiger charge is 2.29. The number of thiazole rings is 1. The van der Waals surface area contributed by atoms with Crippen molar-refractivity contribution < 1.29 is 4.74 Å². The molecule has 1 aliphatic rings. The monoisotopic (exact) mass is 302 g/mol. The van der Waals surface area contributed by atoms with E-state index in [1.54, 1.807) is 11.3 Å². The molecule has 1 aliphatic heterocycles. The molecule has 0 bridgehead atoms. The largest absolute Gasteiger partial charge is 0.372 e. The summed E-state index contributed by atoms with van der Waals surface area (Å²) in [6, 6.07) is 8.94. The van der Waals surface area contributed by atoms with E-state index in [9.17, 15) is 0 Å². The van der Waals surface area contributed by atoms with Crippen LogP contribution in [0.15, 0.2) is 29.6 Å². The molecule has 0 radical (unpaired) electrons. The fourth-order valence-corrected chi connectivity index (χ4v) is 3.82. The molecule has 0 amide bonds. The van der Waals surface area contributed by atoms with Crippen molar-refractivity contribution in [3.05, 3.63) is 51.5 Å². The first-order valence-electron chi connectivity index (χ1n) is 7.61. The van der Waals surface area contributed by atoms with Gasteiger partial charge in [0, 0.05) is 23.5 Å². The number of nitrogens with one attached hydrogen (secondary N) is 1. The molecule has 0 fully saturated rings.